The lowest BCUT2D eigenvalue weighted by molar-refractivity contribution is 0.0603. The van der Waals surface area contributed by atoms with Gasteiger partial charge in [0.25, 0.3) is 0 Å². The lowest BCUT2D eigenvalue weighted by Gasteiger charge is -2.12. The molecule has 0 aliphatic rings. The van der Waals surface area contributed by atoms with E-state index in [1.807, 2.05) is 61.5 Å². The van der Waals surface area contributed by atoms with Gasteiger partial charge >= 0.3 is 5.97 Å². The third-order valence-electron chi connectivity index (χ3n) is 4.05. The van der Waals surface area contributed by atoms with E-state index in [1.165, 1.54) is 12.7 Å². The molecule has 0 saturated heterocycles. The number of carbonyl (C=O) groups is 2. The van der Waals surface area contributed by atoms with E-state index in [-0.39, 0.29) is 11.2 Å². The molecule has 3 aromatic rings. The van der Waals surface area contributed by atoms with Crippen molar-refractivity contribution in [2.24, 2.45) is 0 Å². The Morgan fingerprint density at radius 1 is 1.08 bits per heavy atom. The number of thioether (sulfide) groups is 1. The molecule has 0 spiro atoms. The molecule has 1 heterocycles. The van der Waals surface area contributed by atoms with Crippen molar-refractivity contribution in [3.05, 3.63) is 71.9 Å². The summed E-state index contributed by atoms with van der Waals surface area (Å²) in [4.78, 5) is 24.9. The molecule has 1 aromatic heterocycles. The maximum atomic E-state index is 12.9. The van der Waals surface area contributed by atoms with Crippen molar-refractivity contribution in [2.45, 2.75) is 17.9 Å². The van der Waals surface area contributed by atoms with Crippen molar-refractivity contribution in [3.8, 4) is 0 Å². The summed E-state index contributed by atoms with van der Waals surface area (Å²) in [5, 5.41) is 0.490. The summed E-state index contributed by atoms with van der Waals surface area (Å²) in [6, 6.07) is 17.4. The Labute approximate surface area is 150 Å². The SMILES string of the molecule is COC(=O)c1cn(C(=O)[C@H](C)SCc2ccccc2)c2ccccc12. The highest BCUT2D eigenvalue weighted by molar-refractivity contribution is 7.99. The Morgan fingerprint density at radius 2 is 1.76 bits per heavy atom. The Balaban J connectivity index is 1.85. The summed E-state index contributed by atoms with van der Waals surface area (Å²) in [5.74, 6) is 0.274. The smallest absolute Gasteiger partial charge is 0.340 e. The van der Waals surface area contributed by atoms with Crippen LogP contribution < -0.4 is 0 Å². The van der Waals surface area contributed by atoms with Crippen LogP contribution in [0.2, 0.25) is 0 Å². The molecule has 0 aliphatic heterocycles. The van der Waals surface area contributed by atoms with E-state index in [4.69, 9.17) is 4.74 Å². The molecule has 2 aromatic carbocycles. The van der Waals surface area contributed by atoms with E-state index in [2.05, 4.69) is 0 Å². The Morgan fingerprint density at radius 3 is 2.48 bits per heavy atom. The highest BCUT2D eigenvalue weighted by Crippen LogP contribution is 2.25. The molecule has 0 radical (unpaired) electrons. The molecule has 0 fully saturated rings. The normalized spacial score (nSPS) is 12.1. The first-order valence-electron chi connectivity index (χ1n) is 8.00. The van der Waals surface area contributed by atoms with Gasteiger partial charge in [0.1, 0.15) is 0 Å². The second-order valence-electron chi connectivity index (χ2n) is 5.70. The molecular formula is C20H19NO3S. The third kappa shape index (κ3) is 3.61. The minimum absolute atomic E-state index is 0.0488. The van der Waals surface area contributed by atoms with E-state index >= 15 is 0 Å². The maximum absolute atomic E-state index is 12.9. The number of aromatic nitrogens is 1. The van der Waals surface area contributed by atoms with Gasteiger partial charge in [-0.2, -0.15) is 0 Å². The van der Waals surface area contributed by atoms with E-state index in [1.54, 1.807) is 22.5 Å². The van der Waals surface area contributed by atoms with Gasteiger partial charge in [-0.05, 0) is 18.6 Å². The van der Waals surface area contributed by atoms with Crippen LogP contribution >= 0.6 is 11.8 Å². The molecule has 0 aliphatic carbocycles. The quantitative estimate of drug-likeness (QED) is 0.638. The van der Waals surface area contributed by atoms with Crippen molar-refractivity contribution >= 4 is 34.5 Å². The van der Waals surface area contributed by atoms with E-state index in [9.17, 15) is 9.59 Å². The van der Waals surface area contributed by atoms with Crippen molar-refractivity contribution in [1.29, 1.82) is 0 Å². The van der Waals surface area contributed by atoms with Crippen molar-refractivity contribution < 1.29 is 14.3 Å². The Bertz CT molecular complexity index is 902. The first-order valence-corrected chi connectivity index (χ1v) is 9.05. The van der Waals surface area contributed by atoms with Crippen LogP contribution in [0.5, 0.6) is 0 Å². The number of ether oxygens (including phenoxy) is 1. The van der Waals surface area contributed by atoms with Crippen LogP contribution in [0.15, 0.2) is 60.8 Å². The number of esters is 1. The number of para-hydroxylation sites is 1. The van der Waals surface area contributed by atoms with E-state index in [0.717, 1.165) is 16.7 Å². The molecule has 128 valence electrons. The lowest BCUT2D eigenvalue weighted by atomic mass is 10.2. The minimum atomic E-state index is -0.438. The standard InChI is InChI=1S/C20H19NO3S/c1-14(25-13-15-8-4-3-5-9-15)19(22)21-12-17(20(23)24-2)16-10-6-7-11-18(16)21/h3-12,14H,13H2,1-2H3/t14-/m0/s1. The average molecular weight is 353 g/mol. The predicted octanol–water partition coefficient (Wildman–Crippen LogP) is 4.39. The Hall–Kier alpha value is -2.53. The highest BCUT2D eigenvalue weighted by Gasteiger charge is 2.22. The number of hydrogen-bond acceptors (Lipinski definition) is 4. The minimum Gasteiger partial charge on any atom is -0.465 e. The second kappa shape index (κ2) is 7.57. The van der Waals surface area contributed by atoms with Crippen LogP contribution in [0.25, 0.3) is 10.9 Å². The molecule has 0 N–H and O–H groups in total. The number of benzene rings is 2. The van der Waals surface area contributed by atoms with Crippen LogP contribution in [-0.2, 0) is 10.5 Å². The summed E-state index contributed by atoms with van der Waals surface area (Å²) >= 11 is 1.58. The molecule has 3 rings (SSSR count). The number of nitrogens with zero attached hydrogens (tertiary/aromatic N) is 1. The number of hydrogen-bond donors (Lipinski definition) is 0. The van der Waals surface area contributed by atoms with Gasteiger partial charge in [-0.15, -0.1) is 11.8 Å². The van der Waals surface area contributed by atoms with Crippen LogP contribution in [0.4, 0.5) is 0 Å². The van der Waals surface area contributed by atoms with Gasteiger partial charge in [-0.3, -0.25) is 9.36 Å². The number of rotatable bonds is 5. The van der Waals surface area contributed by atoms with Gasteiger partial charge in [-0.1, -0.05) is 48.5 Å². The van der Waals surface area contributed by atoms with Crippen molar-refractivity contribution in [2.75, 3.05) is 7.11 Å². The van der Waals surface area contributed by atoms with Crippen LogP contribution in [0, 0.1) is 0 Å². The lowest BCUT2D eigenvalue weighted by Crippen LogP contribution is -2.21. The third-order valence-corrected chi connectivity index (χ3v) is 5.25. The fraction of sp³-hybridized carbons (Fsp3) is 0.200. The zero-order valence-corrected chi connectivity index (χ0v) is 15.0. The molecule has 5 heteroatoms. The Kier molecular flexibility index (Phi) is 5.24. The topological polar surface area (TPSA) is 48.3 Å². The van der Waals surface area contributed by atoms with E-state index < -0.39 is 5.97 Å². The first-order chi connectivity index (χ1) is 12.1. The number of carbonyl (C=O) groups excluding carboxylic acids is 2. The van der Waals surface area contributed by atoms with E-state index in [0.29, 0.717) is 5.56 Å². The molecule has 1 atom stereocenters. The molecule has 4 nitrogen and oxygen atoms in total. The molecule has 0 bridgehead atoms. The first kappa shape index (κ1) is 17.3. The average Bonchev–Trinajstić information content (AvgIpc) is 3.05. The summed E-state index contributed by atoms with van der Waals surface area (Å²) in [6.45, 7) is 1.89. The molecule has 25 heavy (non-hydrogen) atoms. The van der Waals surface area contributed by atoms with Crippen molar-refractivity contribution in [1.82, 2.24) is 4.57 Å². The van der Waals surface area contributed by atoms with Gasteiger partial charge < -0.3 is 4.74 Å². The summed E-state index contributed by atoms with van der Waals surface area (Å²) in [7, 11) is 1.34. The van der Waals surface area contributed by atoms with Crippen molar-refractivity contribution in [3.63, 3.8) is 0 Å². The largest absolute Gasteiger partial charge is 0.465 e. The molecule has 0 saturated carbocycles. The maximum Gasteiger partial charge on any atom is 0.340 e. The van der Waals surface area contributed by atoms with Gasteiger partial charge in [-0.25, -0.2) is 4.79 Å². The zero-order chi connectivity index (χ0) is 17.8. The molecule has 0 amide bonds. The predicted molar refractivity (Wildman–Crippen MR) is 101 cm³/mol. The van der Waals surface area contributed by atoms with Crippen LogP contribution in [0.1, 0.15) is 27.6 Å². The fourth-order valence-electron chi connectivity index (χ4n) is 2.70. The second-order valence-corrected chi connectivity index (χ2v) is 7.03. The highest BCUT2D eigenvalue weighted by atomic mass is 32.2. The molecular weight excluding hydrogens is 334 g/mol. The number of methoxy groups -OCH3 is 1. The molecule has 0 unspecified atom stereocenters. The van der Waals surface area contributed by atoms with Gasteiger partial charge in [0.2, 0.25) is 5.91 Å². The fourth-order valence-corrected chi connectivity index (χ4v) is 3.59. The summed E-state index contributed by atoms with van der Waals surface area (Å²) < 4.78 is 6.39. The van der Waals surface area contributed by atoms with Gasteiger partial charge in [0, 0.05) is 17.3 Å². The van der Waals surface area contributed by atoms with Crippen LogP contribution in [-0.4, -0.2) is 28.8 Å². The summed E-state index contributed by atoms with van der Waals surface area (Å²) in [6.07, 6.45) is 1.58. The van der Waals surface area contributed by atoms with Gasteiger partial charge in [0.05, 0.1) is 23.4 Å². The summed E-state index contributed by atoms with van der Waals surface area (Å²) in [5.41, 5.74) is 2.31. The zero-order valence-electron chi connectivity index (χ0n) is 14.1. The number of fused-ring (bicyclic) bond motifs is 1. The van der Waals surface area contributed by atoms with Crippen LogP contribution in [0.3, 0.4) is 0 Å². The monoisotopic (exact) mass is 353 g/mol. The van der Waals surface area contributed by atoms with Gasteiger partial charge in [0.15, 0.2) is 0 Å².